The molecule has 3 N–H and O–H groups in total. The number of phenolic OH excluding ortho intramolecular Hbond substituents is 2. The molecule has 0 saturated carbocycles. The molecule has 0 spiro atoms. The zero-order chi connectivity index (χ0) is 98.1. The van der Waals surface area contributed by atoms with Gasteiger partial charge in [-0.15, -0.1) is 0 Å². The van der Waals surface area contributed by atoms with E-state index >= 15 is 0 Å². The molecule has 9 heterocycles. The number of carbonyl (C=O) groups is 6. The largest absolute Gasteiger partial charge is 0.507 e. The van der Waals surface area contributed by atoms with Crippen molar-refractivity contribution in [1.29, 1.82) is 26.3 Å². The van der Waals surface area contributed by atoms with Gasteiger partial charge >= 0.3 is 23.9 Å². The molecule has 0 unspecified atom stereocenters. The number of furan rings is 3. The average Bonchev–Trinajstić information content (AvgIpc) is 1.19. The van der Waals surface area contributed by atoms with Crippen LogP contribution >= 0.6 is 97.1 Å². The molecule has 688 valence electrons. The summed E-state index contributed by atoms with van der Waals surface area (Å²) in [4.78, 5) is 82.9. The minimum Gasteiger partial charge on any atom is -0.507 e. The van der Waals surface area contributed by atoms with E-state index in [1.54, 1.807) is 60.9 Å². The molecule has 0 radical (unpaired) electrons. The van der Waals surface area contributed by atoms with Crippen LogP contribution in [0.5, 0.6) is 23.1 Å². The predicted octanol–water partition coefficient (Wildman–Crippen LogP) is 19.2. The number of benzene rings is 8. The third-order valence-corrected chi connectivity index (χ3v) is 20.2. The molecule has 0 aliphatic carbocycles. The summed E-state index contributed by atoms with van der Waals surface area (Å²) >= 11 is 43.8. The van der Waals surface area contributed by atoms with Gasteiger partial charge in [-0.3, -0.25) is 28.3 Å². The molecule has 17 aromatic rings. The molecule has 136 heavy (non-hydrogen) atoms. The number of aliphatic hydroxyl groups excluding tert-OH is 1. The van der Waals surface area contributed by atoms with E-state index in [1.807, 2.05) is 79.9 Å². The van der Waals surface area contributed by atoms with Crippen LogP contribution in [-0.4, -0.2) is 151 Å². The maximum absolute atomic E-state index is 11.5. The topological polar surface area (TPSA) is 500 Å². The van der Waals surface area contributed by atoms with Gasteiger partial charge in [0.15, 0.2) is 36.1 Å². The summed E-state index contributed by atoms with van der Waals surface area (Å²) in [6, 6.07) is 53.9. The second kappa shape index (κ2) is 50.2. The predicted molar refractivity (Wildman–Crippen MR) is 502 cm³/mol. The molecule has 0 aliphatic heterocycles. The van der Waals surface area contributed by atoms with Crippen molar-refractivity contribution in [3.05, 3.63) is 327 Å². The summed E-state index contributed by atoms with van der Waals surface area (Å²) in [6.07, 6.45) is 14.9. The van der Waals surface area contributed by atoms with Crippen molar-refractivity contribution >= 4 is 189 Å². The average molecular weight is 2040 g/mol. The molecular formula is C93H67BrCl7N17O18. The highest BCUT2D eigenvalue weighted by Crippen LogP contribution is 2.35. The van der Waals surface area contributed by atoms with Crippen LogP contribution in [-0.2, 0) is 58.3 Å². The number of aldehydes is 2. The molecule has 17 rings (SSSR count). The summed E-state index contributed by atoms with van der Waals surface area (Å²) in [5.41, 5.74) is 8.72. The number of hydrogen-bond donors (Lipinski definition) is 3. The van der Waals surface area contributed by atoms with Gasteiger partial charge in [0.2, 0.25) is 23.2 Å². The third kappa shape index (κ3) is 27.9. The number of alkyl halides is 1. The minimum absolute atomic E-state index is 0.00204. The van der Waals surface area contributed by atoms with Crippen LogP contribution in [0.25, 0.3) is 55.0 Å². The molecule has 0 atom stereocenters. The van der Waals surface area contributed by atoms with E-state index in [2.05, 4.69) is 124 Å². The normalized spacial score (nSPS) is 10.2. The van der Waals surface area contributed by atoms with Crippen molar-refractivity contribution in [3.8, 4) is 53.5 Å². The lowest BCUT2D eigenvalue weighted by atomic mass is 10.1. The SMILES string of the molecule is COC(=O)c1cc(Cl)cc(C=O)c1O.COC(=O)c1cc(Cl)cc(C=O)c1OCC#N.COC(=O)c1cc(Cl)cc2cc(C#N)oc12.COC(=O)c1cc(Cl)ccc1O.Clc1ncnc2nn(Cc3ccc(Cn4cccn4)cc3)cc12.N#CCBr.N#Cc1cc2cc(Cl)cc(CO)c2o1.N#Cc1cc2cc(Cl)cc(COc3ncnc4nn(Cc5ccc(Cn6cccn6)cc5)cc34)c2o1. The Labute approximate surface area is 814 Å². The highest BCUT2D eigenvalue weighted by atomic mass is 79.9. The van der Waals surface area contributed by atoms with Crippen molar-refractivity contribution < 1.29 is 85.8 Å². The number of ether oxygens (including phenoxy) is 6. The van der Waals surface area contributed by atoms with Gasteiger partial charge in [-0.2, -0.15) is 46.7 Å². The van der Waals surface area contributed by atoms with Crippen LogP contribution in [0.3, 0.4) is 0 Å². The third-order valence-electron chi connectivity index (χ3n) is 18.3. The molecule has 0 bridgehead atoms. The number of hydrogen-bond acceptors (Lipinski definition) is 31. The van der Waals surface area contributed by atoms with Gasteiger partial charge in [-0.1, -0.05) is 146 Å². The summed E-state index contributed by atoms with van der Waals surface area (Å²) in [6.45, 7) is 2.45. The highest BCUT2D eigenvalue weighted by molar-refractivity contribution is 9.09. The quantitative estimate of drug-likeness (QED) is 0.0210. The first-order chi connectivity index (χ1) is 65.6. The van der Waals surface area contributed by atoms with E-state index in [0.717, 1.165) is 40.4 Å². The van der Waals surface area contributed by atoms with Gasteiger partial charge in [-0.05, 0) is 113 Å². The van der Waals surface area contributed by atoms with Gasteiger partial charge < -0.3 is 57.0 Å². The standard InChI is InChI=1S/C26H18ClN7O2.C16H13ClN6.C11H8ClNO4.C11H6ClNO3.C10H6ClNO2.C9H7ClO4.C8H7ClO3.C2H2BrN/c27-21-8-19-10-22(11-28)36-24(19)20(9-21)15-35-26-23-14-34(32-25(23)29-16-30-26)13-18-4-2-17(3-5-18)12-33-7-1-6-31-33;17-15-14-10-23(21-16(14)19-11-18-15)9-13-4-2-12(3-5-13)8-22-7-1-6-20-22;1-16-11(15)9-5-8(12)4-7(6-14)10(9)17-3-2-13;1-15-11(14)9-4-7(12)2-6-3-8(5-13)16-10(6)9;11-8-1-6-3-9(4-12)14-10(6)7(2-8)5-13;1-14-9(13)7-3-6(10)2-5(4-11)8(7)12;1-12-8(11)6-4-5(9)2-3-7(6)10;3-1-2-4/h1-10,14,16H,12-13,15H2;1-7,10-11H,8-9H2;4-6H,3H2,1H3;2-4H,1H3;1-3,13H,5H2;2-4,12H,1H3;2-4,10H,1H3;1H2. The van der Waals surface area contributed by atoms with E-state index in [-0.39, 0.29) is 92.0 Å². The van der Waals surface area contributed by atoms with Crippen LogP contribution in [0.4, 0.5) is 0 Å². The van der Waals surface area contributed by atoms with E-state index < -0.39 is 29.6 Å². The second-order valence-corrected chi connectivity index (χ2v) is 30.9. The molecule has 9 aromatic heterocycles. The lowest BCUT2D eigenvalue weighted by Crippen LogP contribution is -2.08. The zero-order valence-electron chi connectivity index (χ0n) is 71.0. The van der Waals surface area contributed by atoms with E-state index in [1.165, 1.54) is 107 Å². The monoisotopic (exact) mass is 2030 g/mol. The number of nitriles is 5. The van der Waals surface area contributed by atoms with Crippen LogP contribution in [0.2, 0.25) is 35.3 Å². The molecule has 0 aliphatic rings. The number of nitrogens with zero attached hydrogens (tertiary/aromatic N) is 17. The van der Waals surface area contributed by atoms with Gasteiger partial charge in [0.25, 0.3) is 0 Å². The summed E-state index contributed by atoms with van der Waals surface area (Å²) in [5, 5.41) is 94.2. The Morgan fingerprint density at radius 1 is 0.456 bits per heavy atom. The molecule has 0 fully saturated rings. The molecule has 0 amide bonds. The van der Waals surface area contributed by atoms with Crippen molar-refractivity contribution in [1.82, 2.24) is 59.1 Å². The Balaban J connectivity index is 0.000000169. The van der Waals surface area contributed by atoms with Crippen LogP contribution < -0.4 is 9.47 Å². The van der Waals surface area contributed by atoms with Gasteiger partial charge in [0, 0.05) is 113 Å². The Hall–Kier alpha value is -15.8. The molecular weight excluding hydrogens is 1970 g/mol. The van der Waals surface area contributed by atoms with Crippen LogP contribution in [0.1, 0.15) is 113 Å². The van der Waals surface area contributed by atoms with E-state index in [0.29, 0.717) is 112 Å². The van der Waals surface area contributed by atoms with Crippen molar-refractivity contribution in [2.45, 2.75) is 39.4 Å². The summed E-state index contributed by atoms with van der Waals surface area (Å²) < 4.78 is 52.5. The number of aromatic nitrogens is 12. The fourth-order valence-corrected chi connectivity index (χ4v) is 13.8. The fourth-order valence-electron chi connectivity index (χ4n) is 12.3. The highest BCUT2D eigenvalue weighted by Gasteiger charge is 2.23. The number of phenols is 2. The fraction of sp³-hybridized carbons (Fsp3) is 0.129. The first-order valence-electron chi connectivity index (χ1n) is 38.9. The minimum atomic E-state index is -0.743. The van der Waals surface area contributed by atoms with E-state index in [4.69, 9.17) is 135 Å². The Morgan fingerprint density at radius 2 is 0.868 bits per heavy atom. The molecule has 8 aromatic carbocycles. The molecule has 0 saturated heterocycles. The number of esters is 4. The number of rotatable bonds is 20. The Kier molecular flexibility index (Phi) is 37.8. The number of halogens is 8. The lowest BCUT2D eigenvalue weighted by molar-refractivity contribution is 0.0587. The molecule has 35 nitrogen and oxygen atoms in total. The lowest BCUT2D eigenvalue weighted by Gasteiger charge is -2.10. The van der Waals surface area contributed by atoms with Gasteiger partial charge in [-0.25, -0.2) is 39.1 Å². The van der Waals surface area contributed by atoms with Gasteiger partial charge in [0.05, 0.1) is 89.1 Å². The summed E-state index contributed by atoms with van der Waals surface area (Å²) in [5.74, 6) is -2.17. The zero-order valence-corrected chi connectivity index (χ0v) is 77.9. The number of methoxy groups -OCH3 is 4. The second-order valence-electron chi connectivity index (χ2n) is 27.3. The smallest absolute Gasteiger partial charge is 0.341 e. The molecule has 43 heteroatoms. The maximum atomic E-state index is 11.5. The van der Waals surface area contributed by atoms with Crippen LogP contribution in [0, 0.1) is 56.7 Å². The van der Waals surface area contributed by atoms with Crippen molar-refractivity contribution in [3.63, 3.8) is 0 Å². The number of carbonyl (C=O) groups excluding carboxylic acids is 6. The number of fused-ring (bicyclic) bond motifs is 5. The number of aliphatic hydroxyl groups is 1. The Morgan fingerprint density at radius 3 is 1.34 bits per heavy atom. The Bertz CT molecular complexity index is 7390. The first-order valence-corrected chi connectivity index (χ1v) is 42.6. The summed E-state index contributed by atoms with van der Waals surface area (Å²) in [7, 11) is 4.87. The van der Waals surface area contributed by atoms with Crippen molar-refractivity contribution in [2.75, 3.05) is 40.4 Å². The van der Waals surface area contributed by atoms with Crippen LogP contribution in [0.15, 0.2) is 221 Å². The van der Waals surface area contributed by atoms with E-state index in [9.17, 15) is 39.0 Å². The number of aromatic hydroxyl groups is 2. The maximum Gasteiger partial charge on any atom is 0.341 e. The van der Waals surface area contributed by atoms with Gasteiger partial charge in [0.1, 0.15) is 105 Å². The first kappa shape index (κ1) is 102. The van der Waals surface area contributed by atoms with Crippen molar-refractivity contribution in [2.24, 2.45) is 0 Å².